The predicted molar refractivity (Wildman–Crippen MR) is 114 cm³/mol. The highest BCUT2D eigenvalue weighted by atomic mass is 32.9. The van der Waals surface area contributed by atoms with E-state index in [0.29, 0.717) is 0 Å². The van der Waals surface area contributed by atoms with Gasteiger partial charge in [-0.2, -0.15) is 0 Å². The molecule has 0 unspecified atom stereocenters. The predicted octanol–water partition coefficient (Wildman–Crippen LogP) is 6.72. The second-order valence-corrected chi connectivity index (χ2v) is 8.10. The van der Waals surface area contributed by atoms with Crippen LogP contribution >= 0.6 is 32.9 Å². The van der Waals surface area contributed by atoms with Gasteiger partial charge in [-0.05, 0) is 43.2 Å². The molecule has 26 heavy (non-hydrogen) atoms. The molecule has 3 aromatic rings. The minimum Gasteiger partial charge on any atom is -0.507 e. The van der Waals surface area contributed by atoms with Crippen LogP contribution in [0.2, 0.25) is 0 Å². The van der Waals surface area contributed by atoms with Crippen LogP contribution in [0, 0.1) is 17.7 Å². The first-order valence-electron chi connectivity index (χ1n) is 7.57. The fourth-order valence-corrected chi connectivity index (χ4v) is 4.32. The van der Waals surface area contributed by atoms with E-state index in [4.69, 9.17) is 22.4 Å². The van der Waals surface area contributed by atoms with E-state index in [2.05, 4.69) is 50.4 Å². The zero-order valence-electron chi connectivity index (χ0n) is 14.6. The summed E-state index contributed by atoms with van der Waals surface area (Å²) in [4.78, 5) is 11.6. The fraction of sp³-hybridized carbons (Fsp3) is 0.100. The van der Waals surface area contributed by atoms with Crippen molar-refractivity contribution in [2.45, 2.75) is 13.8 Å². The second-order valence-electron chi connectivity index (χ2n) is 5.19. The fourth-order valence-electron chi connectivity index (χ4n) is 1.91. The first-order valence-corrected chi connectivity index (χ1v) is 10.1. The topological polar surface area (TPSA) is 57.5 Å². The molecule has 3 rings (SSSR count). The number of carboxylic acid groups (broad SMARTS) is 1. The number of aromatic hydroxyl groups is 1. The third kappa shape index (κ3) is 6.55. The molecule has 0 saturated heterocycles. The van der Waals surface area contributed by atoms with Crippen molar-refractivity contribution in [2.24, 2.45) is 0 Å². The van der Waals surface area contributed by atoms with E-state index in [-0.39, 0.29) is 11.3 Å². The van der Waals surface area contributed by atoms with E-state index >= 15 is 0 Å². The molecule has 2 N–H and O–H groups in total. The monoisotopic (exact) mass is 404 g/mol. The van der Waals surface area contributed by atoms with Crippen molar-refractivity contribution in [3.8, 4) is 16.2 Å². The highest BCUT2D eigenvalue weighted by Crippen LogP contribution is 2.29. The molecule has 1 aromatic heterocycles. The van der Waals surface area contributed by atoms with Crippen LogP contribution in [0.3, 0.4) is 0 Å². The van der Waals surface area contributed by atoms with Gasteiger partial charge in [0.25, 0.3) is 0 Å². The number of aromatic carboxylic acids is 1. The normalized spacial score (nSPS) is 9.31. The van der Waals surface area contributed by atoms with Gasteiger partial charge in [0.1, 0.15) is 15.1 Å². The van der Waals surface area contributed by atoms with Gasteiger partial charge in [-0.15, -0.1) is 13.2 Å². The summed E-state index contributed by atoms with van der Waals surface area (Å²) < 4.78 is 0.973. The molecular weight excluding hydrogens is 384 g/mol. The van der Waals surface area contributed by atoms with Crippen LogP contribution in [0.1, 0.15) is 21.5 Å². The molecule has 0 spiro atoms. The minimum absolute atomic E-state index is 0.0596. The van der Waals surface area contributed by atoms with Gasteiger partial charge in [0.2, 0.25) is 0 Å². The van der Waals surface area contributed by atoms with Gasteiger partial charge in [0, 0.05) is 4.88 Å². The third-order valence-electron chi connectivity index (χ3n) is 3.18. The summed E-state index contributed by atoms with van der Waals surface area (Å²) in [5.41, 5.74) is 3.34. The van der Waals surface area contributed by atoms with Crippen LogP contribution in [0.15, 0.2) is 61.7 Å². The lowest BCUT2D eigenvalue weighted by Crippen LogP contribution is -1.96. The molecule has 0 saturated carbocycles. The van der Waals surface area contributed by atoms with Crippen molar-refractivity contribution < 1.29 is 15.0 Å². The van der Waals surface area contributed by atoms with Gasteiger partial charge in [0.15, 0.2) is 0 Å². The van der Waals surface area contributed by atoms with Crippen LogP contribution in [0.5, 0.6) is 5.75 Å². The van der Waals surface area contributed by atoms with Crippen molar-refractivity contribution in [3.05, 3.63) is 82.2 Å². The number of phenols is 1. The molecular formula is C20H20O3S3. The zero-order valence-corrected chi connectivity index (χ0v) is 17.0. The van der Waals surface area contributed by atoms with Crippen LogP contribution in [-0.2, 0) is 0 Å². The Morgan fingerprint density at radius 2 is 1.54 bits per heavy atom. The molecule has 6 heteroatoms. The summed E-state index contributed by atoms with van der Waals surface area (Å²) in [7, 11) is 3.41. The molecule has 0 bridgehead atoms. The van der Waals surface area contributed by atoms with Gasteiger partial charge in [0.05, 0.1) is 0 Å². The van der Waals surface area contributed by atoms with E-state index < -0.39 is 5.97 Å². The number of hydrogen-bond acceptors (Lipinski definition) is 5. The van der Waals surface area contributed by atoms with Crippen LogP contribution in [0.4, 0.5) is 0 Å². The van der Waals surface area contributed by atoms with Gasteiger partial charge in [-0.3, -0.25) is 0 Å². The van der Waals surface area contributed by atoms with Crippen LogP contribution in [0.25, 0.3) is 10.4 Å². The van der Waals surface area contributed by atoms with Crippen molar-refractivity contribution in [1.82, 2.24) is 0 Å². The van der Waals surface area contributed by atoms with E-state index in [1.807, 2.05) is 0 Å². The molecule has 3 nitrogen and oxygen atoms in total. The number of carbonyl (C=O) groups is 1. The molecule has 1 heterocycles. The molecule has 136 valence electrons. The highest BCUT2D eigenvalue weighted by Gasteiger charge is 2.07. The summed E-state index contributed by atoms with van der Waals surface area (Å²) in [6.45, 7) is 9.88. The molecule has 0 amide bonds. The van der Waals surface area contributed by atoms with Crippen molar-refractivity contribution in [3.63, 3.8) is 0 Å². The lowest BCUT2D eigenvalue weighted by Gasteiger charge is -1.98. The Kier molecular flexibility index (Phi) is 8.92. The Hall–Kier alpha value is -2.28. The van der Waals surface area contributed by atoms with E-state index in [0.717, 1.165) is 9.39 Å². The zero-order chi connectivity index (χ0) is 19.7. The van der Waals surface area contributed by atoms with E-state index in [1.54, 1.807) is 33.7 Å². The van der Waals surface area contributed by atoms with Crippen molar-refractivity contribution in [1.29, 1.82) is 0 Å². The maximum absolute atomic E-state index is 10.4. The lowest BCUT2D eigenvalue weighted by atomic mass is 10.1. The summed E-state index contributed by atoms with van der Waals surface area (Å²) in [5, 5.41) is 17.6. The number of aryl methyl sites for hydroxylation is 2. The molecule has 2 aromatic carbocycles. The number of rotatable bonds is 2. The number of hydrogen-bond donors (Lipinski definition) is 2. The average Bonchev–Trinajstić information content (AvgIpc) is 3.04. The Bertz CT molecular complexity index is 909. The molecule has 0 fully saturated rings. The van der Waals surface area contributed by atoms with Crippen LogP contribution < -0.4 is 0 Å². The Morgan fingerprint density at radius 1 is 0.962 bits per heavy atom. The van der Waals surface area contributed by atoms with Gasteiger partial charge in [-0.25, -0.2) is 4.79 Å². The second kappa shape index (κ2) is 10.7. The van der Waals surface area contributed by atoms with Crippen molar-refractivity contribution >= 4 is 38.9 Å². The molecule has 0 aliphatic rings. The molecule has 0 atom stereocenters. The smallest absolute Gasteiger partial charge is 0.339 e. The van der Waals surface area contributed by atoms with Gasteiger partial charge in [-0.1, -0.05) is 68.8 Å². The third-order valence-corrected chi connectivity index (χ3v) is 6.09. The summed E-state index contributed by atoms with van der Waals surface area (Å²) >= 11 is 5.09. The summed E-state index contributed by atoms with van der Waals surface area (Å²) in [6.07, 6.45) is 0. The number of carboxylic acids is 1. The molecule has 0 radical (unpaired) electrons. The summed E-state index contributed by atoms with van der Waals surface area (Å²) in [6, 6.07) is 15.0. The quantitative estimate of drug-likeness (QED) is 0.283. The lowest BCUT2D eigenvalue weighted by molar-refractivity contribution is 0.0693. The molecule has 0 aliphatic carbocycles. The van der Waals surface area contributed by atoms with Gasteiger partial charge < -0.3 is 10.2 Å². The maximum Gasteiger partial charge on any atom is 0.339 e. The summed E-state index contributed by atoms with van der Waals surface area (Å²) in [5.74, 6) is -1.29. The van der Waals surface area contributed by atoms with Gasteiger partial charge >= 0.3 is 5.97 Å². The molecule has 0 aliphatic heterocycles. The van der Waals surface area contributed by atoms with Crippen molar-refractivity contribution in [2.75, 3.05) is 0 Å². The standard InChI is InChI=1S/C10H8S3.C8H8O3.C2H4/c1-7-2-4-8(5-3-7)9-6-10(11)13-12-9;1-5-2-3-6(8(10)11)7(9)4-5;1-2/h2-6H,1H3;2-4,9H,1H3,(H,10,11);1-2H2. The maximum atomic E-state index is 10.4. The largest absolute Gasteiger partial charge is 0.507 e. The van der Waals surface area contributed by atoms with E-state index in [1.165, 1.54) is 28.1 Å². The van der Waals surface area contributed by atoms with E-state index in [9.17, 15) is 4.79 Å². The Labute approximate surface area is 165 Å². The first-order chi connectivity index (χ1) is 12.4. The highest BCUT2D eigenvalue weighted by molar-refractivity contribution is 7.80. The van der Waals surface area contributed by atoms with Crippen LogP contribution in [-0.4, -0.2) is 16.2 Å². The average molecular weight is 405 g/mol. The Balaban J connectivity index is 0.000000241. The Morgan fingerprint density at radius 3 is 2.00 bits per heavy atom. The minimum atomic E-state index is -1.11. The SMILES string of the molecule is C=C.Cc1ccc(-c2cc(=S)ss2)cc1.Cc1ccc(C(=O)O)c(O)c1. The first kappa shape index (κ1) is 21.8. The number of benzene rings is 2.